The molecule has 2 aromatic carbocycles. The third kappa shape index (κ3) is 2.24. The second kappa shape index (κ2) is 4.50. The molecule has 1 heterocycles. The highest BCUT2D eigenvalue weighted by Gasteiger charge is 2.27. The Morgan fingerprint density at radius 1 is 1.16 bits per heavy atom. The summed E-state index contributed by atoms with van der Waals surface area (Å²) in [6.45, 7) is 2.00. The summed E-state index contributed by atoms with van der Waals surface area (Å²) < 4.78 is 19.0. The van der Waals surface area contributed by atoms with E-state index in [1.807, 2.05) is 31.2 Å². The number of Topliss-reactive ketones (excluding diaryl/α,β-unsaturated/α-hetero) is 1. The predicted molar refractivity (Wildman–Crippen MR) is 69.9 cm³/mol. The average molecular weight is 256 g/mol. The number of benzene rings is 2. The minimum atomic E-state index is -0.392. The Kier molecular flexibility index (Phi) is 2.82. The van der Waals surface area contributed by atoms with Gasteiger partial charge in [0.05, 0.1) is 12.0 Å². The first kappa shape index (κ1) is 11.9. The van der Waals surface area contributed by atoms with Gasteiger partial charge in [-0.05, 0) is 24.6 Å². The van der Waals surface area contributed by atoms with Gasteiger partial charge in [0.2, 0.25) is 0 Å². The van der Waals surface area contributed by atoms with Crippen LogP contribution in [-0.2, 0) is 0 Å². The van der Waals surface area contributed by atoms with Crippen molar-refractivity contribution in [1.29, 1.82) is 0 Å². The van der Waals surface area contributed by atoms with Gasteiger partial charge >= 0.3 is 0 Å². The lowest BCUT2D eigenvalue weighted by atomic mass is 9.96. The average Bonchev–Trinajstić information content (AvgIpc) is 2.38. The highest BCUT2D eigenvalue weighted by atomic mass is 19.1. The lowest BCUT2D eigenvalue weighted by Crippen LogP contribution is -2.20. The van der Waals surface area contributed by atoms with E-state index in [1.165, 1.54) is 18.2 Å². The van der Waals surface area contributed by atoms with Crippen molar-refractivity contribution < 1.29 is 13.9 Å². The molecule has 0 fully saturated rings. The van der Waals surface area contributed by atoms with Crippen LogP contribution < -0.4 is 4.74 Å². The van der Waals surface area contributed by atoms with Crippen LogP contribution in [0.1, 0.15) is 34.0 Å². The van der Waals surface area contributed by atoms with Crippen LogP contribution in [0.3, 0.4) is 0 Å². The number of ketones is 1. The summed E-state index contributed by atoms with van der Waals surface area (Å²) in [6.07, 6.45) is -0.0378. The number of carbonyl (C=O) groups excluding carboxylic acids is 1. The number of fused-ring (bicyclic) bond motifs is 1. The second-order valence-electron chi connectivity index (χ2n) is 4.78. The molecule has 1 atom stereocenters. The molecule has 3 rings (SSSR count). The molecule has 0 aromatic heterocycles. The molecule has 0 saturated carbocycles. The van der Waals surface area contributed by atoms with E-state index in [-0.39, 0.29) is 11.9 Å². The van der Waals surface area contributed by atoms with Gasteiger partial charge in [-0.25, -0.2) is 4.39 Å². The first-order valence-corrected chi connectivity index (χ1v) is 6.19. The quantitative estimate of drug-likeness (QED) is 0.774. The van der Waals surface area contributed by atoms with Crippen molar-refractivity contribution in [3.05, 3.63) is 65.0 Å². The maximum atomic E-state index is 13.2. The third-order valence-corrected chi connectivity index (χ3v) is 3.33. The lowest BCUT2D eigenvalue weighted by molar-refractivity contribution is 0.0849. The van der Waals surface area contributed by atoms with Crippen LogP contribution in [0.5, 0.6) is 5.75 Å². The number of hydrogen-bond acceptors (Lipinski definition) is 2. The second-order valence-corrected chi connectivity index (χ2v) is 4.78. The van der Waals surface area contributed by atoms with Gasteiger partial charge < -0.3 is 4.74 Å². The molecule has 0 aliphatic carbocycles. The molecule has 2 nitrogen and oxygen atoms in total. The van der Waals surface area contributed by atoms with E-state index in [2.05, 4.69) is 0 Å². The molecule has 0 spiro atoms. The zero-order chi connectivity index (χ0) is 13.4. The number of hydrogen-bond donors (Lipinski definition) is 0. The third-order valence-electron chi connectivity index (χ3n) is 3.33. The molecular weight excluding hydrogens is 243 g/mol. The highest BCUT2D eigenvalue weighted by molar-refractivity contribution is 5.99. The van der Waals surface area contributed by atoms with E-state index in [4.69, 9.17) is 4.74 Å². The van der Waals surface area contributed by atoms with Crippen molar-refractivity contribution in [3.63, 3.8) is 0 Å². The van der Waals surface area contributed by atoms with Gasteiger partial charge in [-0.1, -0.05) is 29.8 Å². The fourth-order valence-corrected chi connectivity index (χ4v) is 2.26. The summed E-state index contributed by atoms with van der Waals surface area (Å²) in [7, 11) is 0. The zero-order valence-electron chi connectivity index (χ0n) is 10.5. The van der Waals surface area contributed by atoms with Crippen LogP contribution in [0.25, 0.3) is 0 Å². The summed E-state index contributed by atoms with van der Waals surface area (Å²) in [5.74, 6) is -0.0650. The van der Waals surface area contributed by atoms with Gasteiger partial charge in [-0.2, -0.15) is 0 Å². The number of carbonyl (C=O) groups is 1. The number of halogens is 1. The molecule has 0 amide bonds. The van der Waals surface area contributed by atoms with Crippen molar-refractivity contribution in [1.82, 2.24) is 0 Å². The first-order chi connectivity index (χ1) is 9.13. The van der Waals surface area contributed by atoms with Crippen LogP contribution in [0.4, 0.5) is 4.39 Å². The maximum Gasteiger partial charge on any atom is 0.170 e. The van der Waals surface area contributed by atoms with E-state index in [1.54, 1.807) is 0 Å². The Labute approximate surface area is 110 Å². The number of rotatable bonds is 1. The molecule has 0 unspecified atom stereocenters. The van der Waals surface area contributed by atoms with Gasteiger partial charge in [0.25, 0.3) is 0 Å². The summed E-state index contributed by atoms with van der Waals surface area (Å²) in [4.78, 5) is 12.0. The van der Waals surface area contributed by atoms with Gasteiger partial charge in [-0.15, -0.1) is 0 Å². The number of aryl methyl sites for hydroxylation is 1. The Morgan fingerprint density at radius 3 is 2.63 bits per heavy atom. The zero-order valence-corrected chi connectivity index (χ0v) is 10.5. The van der Waals surface area contributed by atoms with Crippen LogP contribution in [0, 0.1) is 12.7 Å². The monoisotopic (exact) mass is 256 g/mol. The summed E-state index contributed by atoms with van der Waals surface area (Å²) in [5.41, 5.74) is 2.55. The van der Waals surface area contributed by atoms with Crippen molar-refractivity contribution in [2.24, 2.45) is 0 Å². The topological polar surface area (TPSA) is 26.3 Å². The molecule has 1 aliphatic heterocycles. The summed E-state index contributed by atoms with van der Waals surface area (Å²) in [6, 6.07) is 11.9. The molecule has 0 N–H and O–H groups in total. The smallest absolute Gasteiger partial charge is 0.170 e. The standard InChI is InChI=1S/C16H13FO2/c1-10-2-4-11(5-3-10)15-9-14(18)13-7-6-12(17)8-16(13)19-15/h2-8,15H,9H2,1H3/t15-/m0/s1. The van der Waals surface area contributed by atoms with E-state index in [0.717, 1.165) is 11.1 Å². The normalized spacial score (nSPS) is 17.8. The molecule has 0 radical (unpaired) electrons. The minimum Gasteiger partial charge on any atom is -0.484 e. The summed E-state index contributed by atoms with van der Waals surface area (Å²) >= 11 is 0. The SMILES string of the molecule is Cc1ccc([C@@H]2CC(=O)c3ccc(F)cc3O2)cc1. The highest BCUT2D eigenvalue weighted by Crippen LogP contribution is 2.35. The van der Waals surface area contributed by atoms with Crippen LogP contribution in [-0.4, -0.2) is 5.78 Å². The van der Waals surface area contributed by atoms with Gasteiger partial charge in [-0.3, -0.25) is 4.79 Å². The Morgan fingerprint density at radius 2 is 1.89 bits per heavy atom. The molecule has 3 heteroatoms. The van der Waals surface area contributed by atoms with Crippen molar-refractivity contribution >= 4 is 5.78 Å². The van der Waals surface area contributed by atoms with E-state index >= 15 is 0 Å². The molecule has 96 valence electrons. The lowest BCUT2D eigenvalue weighted by Gasteiger charge is -2.25. The Hall–Kier alpha value is -2.16. The largest absolute Gasteiger partial charge is 0.484 e. The Bertz CT molecular complexity index is 632. The van der Waals surface area contributed by atoms with E-state index in [9.17, 15) is 9.18 Å². The molecule has 0 saturated heterocycles. The van der Waals surface area contributed by atoms with Crippen LogP contribution >= 0.6 is 0 Å². The Balaban J connectivity index is 1.96. The van der Waals surface area contributed by atoms with Gasteiger partial charge in [0.15, 0.2) is 5.78 Å². The number of ether oxygens (including phenoxy) is 1. The van der Waals surface area contributed by atoms with Crippen LogP contribution in [0.2, 0.25) is 0 Å². The molecule has 1 aliphatic rings. The van der Waals surface area contributed by atoms with Gasteiger partial charge in [0, 0.05) is 6.07 Å². The van der Waals surface area contributed by atoms with Crippen molar-refractivity contribution in [3.8, 4) is 5.75 Å². The van der Waals surface area contributed by atoms with E-state index < -0.39 is 5.82 Å². The molecular formula is C16H13FO2. The van der Waals surface area contributed by atoms with Crippen molar-refractivity contribution in [2.75, 3.05) is 0 Å². The van der Waals surface area contributed by atoms with E-state index in [0.29, 0.717) is 17.7 Å². The van der Waals surface area contributed by atoms with Crippen molar-refractivity contribution in [2.45, 2.75) is 19.4 Å². The fraction of sp³-hybridized carbons (Fsp3) is 0.188. The minimum absolute atomic E-state index is 0.00757. The summed E-state index contributed by atoms with van der Waals surface area (Å²) in [5, 5.41) is 0. The first-order valence-electron chi connectivity index (χ1n) is 6.19. The maximum absolute atomic E-state index is 13.2. The predicted octanol–water partition coefficient (Wildman–Crippen LogP) is 3.84. The fourth-order valence-electron chi connectivity index (χ4n) is 2.26. The molecule has 0 bridgehead atoms. The molecule has 2 aromatic rings. The van der Waals surface area contributed by atoms with Gasteiger partial charge in [0.1, 0.15) is 17.7 Å². The molecule has 19 heavy (non-hydrogen) atoms. The van der Waals surface area contributed by atoms with Crippen LogP contribution in [0.15, 0.2) is 42.5 Å².